The number of anilines is 1. The Kier molecular flexibility index (Phi) is 7.58. The molecule has 5 rings (SSSR count). The molecule has 0 unspecified atom stereocenters. The molecule has 1 aromatic heterocycles. The first-order valence-electron chi connectivity index (χ1n) is 12.9. The van der Waals surface area contributed by atoms with E-state index in [0.29, 0.717) is 36.4 Å². The highest BCUT2D eigenvalue weighted by Crippen LogP contribution is 2.28. The molecule has 0 fully saturated rings. The number of hydrogen-bond acceptors (Lipinski definition) is 5. The molecule has 4 aromatic rings. The number of amides is 2. The molecule has 1 N–H and O–H groups in total. The Morgan fingerprint density at radius 3 is 2.61 bits per heavy atom. The maximum absolute atomic E-state index is 13.5. The predicted octanol–water partition coefficient (Wildman–Crippen LogP) is 4.40. The zero-order chi connectivity index (χ0) is 26.5. The van der Waals surface area contributed by atoms with E-state index >= 15 is 0 Å². The predicted molar refractivity (Wildman–Crippen MR) is 147 cm³/mol. The molecule has 0 bridgehead atoms. The van der Waals surface area contributed by atoms with Gasteiger partial charge in [-0.25, -0.2) is 4.98 Å². The summed E-state index contributed by atoms with van der Waals surface area (Å²) in [7, 11) is 3.10. The summed E-state index contributed by atoms with van der Waals surface area (Å²) in [6, 6.07) is 21.1. The molecule has 0 saturated heterocycles. The number of methoxy groups -OCH3 is 2. The molecular weight excluding hydrogens is 480 g/mol. The quantitative estimate of drug-likeness (QED) is 0.336. The summed E-state index contributed by atoms with van der Waals surface area (Å²) >= 11 is 0. The number of imidazole rings is 1. The van der Waals surface area contributed by atoms with Gasteiger partial charge >= 0.3 is 0 Å². The van der Waals surface area contributed by atoms with Gasteiger partial charge in [-0.3, -0.25) is 9.59 Å². The first kappa shape index (κ1) is 25.3. The number of carbonyl (C=O) groups excluding carboxylic acids is 2. The summed E-state index contributed by atoms with van der Waals surface area (Å²) in [5, 5.41) is 2.97. The molecule has 0 atom stereocenters. The first-order chi connectivity index (χ1) is 18.6. The summed E-state index contributed by atoms with van der Waals surface area (Å²) in [5.41, 5.74) is 4.53. The largest absolute Gasteiger partial charge is 0.493 e. The minimum absolute atomic E-state index is 0.0586. The van der Waals surface area contributed by atoms with Gasteiger partial charge in [0.15, 0.2) is 11.5 Å². The standard InChI is InChI=1S/C30H32N4O4/c1-37-26-16-15-22(19-27(26)38-2)30(36)31-17-7-14-28-32-23-11-4-6-13-25(23)34(28)20-29(35)33-18-8-10-21-9-3-5-12-24(21)33/h3-6,9,11-13,15-16,19H,7-8,10,14,17-18,20H2,1-2H3,(H,31,36). The molecule has 8 nitrogen and oxygen atoms in total. The highest BCUT2D eigenvalue weighted by molar-refractivity contribution is 5.95. The van der Waals surface area contributed by atoms with Crippen molar-refractivity contribution in [1.82, 2.24) is 14.9 Å². The van der Waals surface area contributed by atoms with Gasteiger partial charge in [0.05, 0.1) is 25.3 Å². The number of nitrogens with zero attached hydrogens (tertiary/aromatic N) is 3. The van der Waals surface area contributed by atoms with Crippen LogP contribution in [0.2, 0.25) is 0 Å². The number of aromatic nitrogens is 2. The SMILES string of the molecule is COc1ccc(C(=O)NCCCc2nc3ccccc3n2CC(=O)N2CCCc3ccccc32)cc1OC. The third-order valence-electron chi connectivity index (χ3n) is 6.95. The van der Waals surface area contributed by atoms with Gasteiger partial charge in [-0.1, -0.05) is 30.3 Å². The second-order valence-corrected chi connectivity index (χ2v) is 9.31. The minimum atomic E-state index is -0.182. The van der Waals surface area contributed by atoms with Gasteiger partial charge in [0, 0.05) is 30.8 Å². The molecule has 0 spiro atoms. The van der Waals surface area contributed by atoms with E-state index in [2.05, 4.69) is 11.4 Å². The van der Waals surface area contributed by atoms with Crippen LogP contribution in [-0.4, -0.2) is 48.7 Å². The molecule has 2 heterocycles. The van der Waals surface area contributed by atoms with Crippen molar-refractivity contribution in [3.63, 3.8) is 0 Å². The van der Waals surface area contributed by atoms with Crippen molar-refractivity contribution in [3.05, 3.63) is 83.7 Å². The maximum atomic E-state index is 13.5. The fourth-order valence-electron chi connectivity index (χ4n) is 5.03. The Morgan fingerprint density at radius 1 is 0.974 bits per heavy atom. The van der Waals surface area contributed by atoms with E-state index in [9.17, 15) is 9.59 Å². The van der Waals surface area contributed by atoms with Crippen LogP contribution in [0.15, 0.2) is 66.7 Å². The molecule has 8 heteroatoms. The van der Waals surface area contributed by atoms with Crippen LogP contribution in [0, 0.1) is 0 Å². The smallest absolute Gasteiger partial charge is 0.251 e. The van der Waals surface area contributed by atoms with Crippen LogP contribution in [0.3, 0.4) is 0 Å². The normalized spacial score (nSPS) is 12.7. The fraction of sp³-hybridized carbons (Fsp3) is 0.300. The van der Waals surface area contributed by atoms with Crippen molar-refractivity contribution in [2.24, 2.45) is 0 Å². The van der Waals surface area contributed by atoms with Crippen molar-refractivity contribution in [2.45, 2.75) is 32.2 Å². The Labute approximate surface area is 222 Å². The second kappa shape index (κ2) is 11.4. The van der Waals surface area contributed by atoms with Crippen molar-refractivity contribution in [2.75, 3.05) is 32.2 Å². The maximum Gasteiger partial charge on any atom is 0.251 e. The van der Waals surface area contributed by atoms with Crippen molar-refractivity contribution in [3.8, 4) is 11.5 Å². The van der Waals surface area contributed by atoms with Crippen molar-refractivity contribution >= 4 is 28.5 Å². The highest BCUT2D eigenvalue weighted by Gasteiger charge is 2.24. The lowest BCUT2D eigenvalue weighted by atomic mass is 10.0. The van der Waals surface area contributed by atoms with Gasteiger partial charge in [0.1, 0.15) is 12.4 Å². The van der Waals surface area contributed by atoms with Gasteiger partial charge in [0.2, 0.25) is 5.91 Å². The Morgan fingerprint density at radius 2 is 1.76 bits per heavy atom. The van der Waals surface area contributed by atoms with Gasteiger partial charge < -0.3 is 24.3 Å². The minimum Gasteiger partial charge on any atom is -0.493 e. The van der Waals surface area contributed by atoms with Crippen LogP contribution in [-0.2, 0) is 24.2 Å². The summed E-state index contributed by atoms with van der Waals surface area (Å²) in [6.45, 7) is 1.42. The molecule has 2 amide bonds. The van der Waals surface area contributed by atoms with E-state index in [1.54, 1.807) is 32.4 Å². The number of carbonyl (C=O) groups is 2. The van der Waals surface area contributed by atoms with Gasteiger partial charge in [-0.15, -0.1) is 0 Å². The van der Waals surface area contributed by atoms with Crippen LogP contribution in [0.5, 0.6) is 11.5 Å². The number of nitrogens with one attached hydrogen (secondary N) is 1. The number of aryl methyl sites for hydroxylation is 2. The van der Waals surface area contributed by atoms with E-state index in [1.807, 2.05) is 51.9 Å². The lowest BCUT2D eigenvalue weighted by Gasteiger charge is -2.29. The Bertz CT molecular complexity index is 1460. The molecule has 1 aliphatic heterocycles. The van der Waals surface area contributed by atoms with Crippen LogP contribution in [0.1, 0.15) is 34.6 Å². The number of para-hydroxylation sites is 3. The summed E-state index contributed by atoms with van der Waals surface area (Å²) in [6.07, 6.45) is 3.27. The van der Waals surface area contributed by atoms with Gasteiger partial charge in [-0.2, -0.15) is 0 Å². The molecule has 38 heavy (non-hydrogen) atoms. The lowest BCUT2D eigenvalue weighted by Crippen LogP contribution is -2.38. The number of fused-ring (bicyclic) bond motifs is 2. The number of rotatable bonds is 9. The van der Waals surface area contributed by atoms with Crippen LogP contribution in [0.25, 0.3) is 11.0 Å². The number of ether oxygens (including phenoxy) is 2. The zero-order valence-electron chi connectivity index (χ0n) is 21.8. The lowest BCUT2D eigenvalue weighted by molar-refractivity contribution is -0.119. The molecule has 1 aliphatic rings. The average molecular weight is 513 g/mol. The summed E-state index contributed by atoms with van der Waals surface area (Å²) in [5.74, 6) is 1.80. The number of benzene rings is 3. The second-order valence-electron chi connectivity index (χ2n) is 9.31. The van der Waals surface area contributed by atoms with Crippen LogP contribution in [0.4, 0.5) is 5.69 Å². The first-order valence-corrected chi connectivity index (χ1v) is 12.9. The molecule has 3 aromatic carbocycles. The molecule has 0 saturated carbocycles. The molecule has 196 valence electrons. The number of hydrogen-bond donors (Lipinski definition) is 1. The molecule has 0 radical (unpaired) electrons. The van der Waals surface area contributed by atoms with E-state index in [0.717, 1.165) is 41.9 Å². The highest BCUT2D eigenvalue weighted by atomic mass is 16.5. The summed E-state index contributed by atoms with van der Waals surface area (Å²) < 4.78 is 12.6. The van der Waals surface area contributed by atoms with Crippen LogP contribution >= 0.6 is 0 Å². The van der Waals surface area contributed by atoms with E-state index in [1.165, 1.54) is 5.56 Å². The summed E-state index contributed by atoms with van der Waals surface area (Å²) in [4.78, 5) is 32.9. The van der Waals surface area contributed by atoms with Crippen molar-refractivity contribution < 1.29 is 19.1 Å². The van der Waals surface area contributed by atoms with Gasteiger partial charge in [-0.05, 0) is 61.2 Å². The van der Waals surface area contributed by atoms with Gasteiger partial charge in [0.25, 0.3) is 5.91 Å². The van der Waals surface area contributed by atoms with Crippen LogP contribution < -0.4 is 19.7 Å². The zero-order valence-corrected chi connectivity index (χ0v) is 21.8. The monoisotopic (exact) mass is 512 g/mol. The fourth-order valence-corrected chi connectivity index (χ4v) is 5.03. The third-order valence-corrected chi connectivity index (χ3v) is 6.95. The van der Waals surface area contributed by atoms with E-state index < -0.39 is 0 Å². The topological polar surface area (TPSA) is 85.7 Å². The average Bonchev–Trinajstić information content (AvgIpc) is 3.31. The third kappa shape index (κ3) is 5.20. The van der Waals surface area contributed by atoms with Crippen molar-refractivity contribution in [1.29, 1.82) is 0 Å². The Balaban J connectivity index is 1.26. The van der Waals surface area contributed by atoms with E-state index in [4.69, 9.17) is 14.5 Å². The molecular formula is C30H32N4O4. The van der Waals surface area contributed by atoms with E-state index in [-0.39, 0.29) is 18.4 Å². The Hall–Kier alpha value is -4.33. The molecule has 0 aliphatic carbocycles.